The van der Waals surface area contributed by atoms with Gasteiger partial charge in [0, 0.05) is 0 Å². The third kappa shape index (κ3) is 2.33. The molecular weight excluding hydrogens is 263 g/mol. The molecule has 0 aliphatic rings. The molecule has 0 fully saturated rings. The zero-order valence-corrected chi connectivity index (χ0v) is 10.4. The maximum absolute atomic E-state index is 11.7. The predicted octanol–water partition coefficient (Wildman–Crippen LogP) is 3.11. The number of para-hydroxylation sites is 1. The molecule has 0 saturated heterocycles. The molecule has 0 aliphatic carbocycles. The van der Waals surface area contributed by atoms with Crippen LogP contribution in [0.3, 0.4) is 0 Å². The molecule has 0 spiro atoms. The van der Waals surface area contributed by atoms with Crippen molar-refractivity contribution in [1.29, 1.82) is 0 Å². The molecule has 0 saturated carbocycles. The summed E-state index contributed by atoms with van der Waals surface area (Å²) in [6.07, 6.45) is 0. The minimum absolute atomic E-state index is 0.0657. The van der Waals surface area contributed by atoms with E-state index in [4.69, 9.17) is 27.9 Å². The second-order valence-corrected chi connectivity index (χ2v) is 3.92. The first-order valence-corrected chi connectivity index (χ1v) is 5.68. The number of hydrogen-bond donors (Lipinski definition) is 0. The number of ether oxygens (including phenoxy) is 1. The van der Waals surface area contributed by atoms with Crippen LogP contribution < -0.4 is 0 Å². The van der Waals surface area contributed by atoms with Crippen LogP contribution in [0.25, 0.3) is 11.0 Å². The number of aromatic nitrogens is 2. The Balaban J connectivity index is 2.64. The second kappa shape index (κ2) is 4.85. The SMILES string of the molecule is CCOC(=O)c1cccc2nc(Cl)c(Cl)nc12. The average Bonchev–Trinajstić information content (AvgIpc) is 2.30. The van der Waals surface area contributed by atoms with E-state index in [0.717, 1.165) is 0 Å². The van der Waals surface area contributed by atoms with E-state index in [2.05, 4.69) is 9.97 Å². The quantitative estimate of drug-likeness (QED) is 0.787. The lowest BCUT2D eigenvalue weighted by atomic mass is 10.2. The second-order valence-electron chi connectivity index (χ2n) is 3.20. The Morgan fingerprint density at radius 1 is 1.29 bits per heavy atom. The topological polar surface area (TPSA) is 52.1 Å². The highest BCUT2D eigenvalue weighted by Crippen LogP contribution is 2.23. The van der Waals surface area contributed by atoms with Gasteiger partial charge in [0.1, 0.15) is 5.52 Å². The summed E-state index contributed by atoms with van der Waals surface area (Å²) in [5.41, 5.74) is 1.22. The number of halogens is 2. The Hall–Kier alpha value is -1.39. The maximum Gasteiger partial charge on any atom is 0.340 e. The molecule has 0 atom stereocenters. The van der Waals surface area contributed by atoms with Crippen molar-refractivity contribution >= 4 is 40.2 Å². The van der Waals surface area contributed by atoms with E-state index >= 15 is 0 Å². The number of benzene rings is 1. The van der Waals surface area contributed by atoms with Crippen LogP contribution in [0.4, 0.5) is 0 Å². The lowest BCUT2D eigenvalue weighted by Gasteiger charge is -2.05. The molecule has 0 amide bonds. The number of carbonyl (C=O) groups excluding carboxylic acids is 1. The highest BCUT2D eigenvalue weighted by molar-refractivity contribution is 6.40. The average molecular weight is 271 g/mol. The van der Waals surface area contributed by atoms with Crippen molar-refractivity contribution in [3.63, 3.8) is 0 Å². The smallest absolute Gasteiger partial charge is 0.340 e. The lowest BCUT2D eigenvalue weighted by Crippen LogP contribution is -2.06. The molecule has 6 heteroatoms. The first kappa shape index (κ1) is 12.1. The highest BCUT2D eigenvalue weighted by atomic mass is 35.5. The van der Waals surface area contributed by atoms with E-state index in [1.54, 1.807) is 25.1 Å². The summed E-state index contributed by atoms with van der Waals surface area (Å²) in [6, 6.07) is 5.00. The fourth-order valence-corrected chi connectivity index (χ4v) is 1.67. The van der Waals surface area contributed by atoms with Crippen molar-refractivity contribution in [1.82, 2.24) is 9.97 Å². The van der Waals surface area contributed by atoms with Crippen molar-refractivity contribution in [2.45, 2.75) is 6.92 Å². The number of fused-ring (bicyclic) bond motifs is 1. The van der Waals surface area contributed by atoms with Gasteiger partial charge in [0.25, 0.3) is 0 Å². The Labute approximate surface area is 108 Å². The lowest BCUT2D eigenvalue weighted by molar-refractivity contribution is 0.0528. The molecule has 17 heavy (non-hydrogen) atoms. The van der Waals surface area contributed by atoms with Crippen molar-refractivity contribution in [2.75, 3.05) is 6.61 Å². The molecule has 2 aromatic rings. The maximum atomic E-state index is 11.7. The molecular formula is C11H8Cl2N2O2. The zero-order chi connectivity index (χ0) is 12.4. The molecule has 0 radical (unpaired) electrons. The van der Waals surface area contributed by atoms with E-state index in [0.29, 0.717) is 23.2 Å². The summed E-state index contributed by atoms with van der Waals surface area (Å²) < 4.78 is 4.92. The number of esters is 1. The van der Waals surface area contributed by atoms with Crippen LogP contribution in [0.15, 0.2) is 18.2 Å². The van der Waals surface area contributed by atoms with E-state index < -0.39 is 5.97 Å². The van der Waals surface area contributed by atoms with Crippen molar-refractivity contribution in [3.05, 3.63) is 34.1 Å². The van der Waals surface area contributed by atoms with Gasteiger partial charge in [-0.25, -0.2) is 14.8 Å². The fraction of sp³-hybridized carbons (Fsp3) is 0.182. The van der Waals surface area contributed by atoms with Crippen molar-refractivity contribution in [3.8, 4) is 0 Å². The Morgan fingerprint density at radius 3 is 2.71 bits per heavy atom. The van der Waals surface area contributed by atoms with Crippen LogP contribution in [0, 0.1) is 0 Å². The molecule has 1 heterocycles. The van der Waals surface area contributed by atoms with Crippen LogP contribution in [-0.2, 0) is 4.74 Å². The summed E-state index contributed by atoms with van der Waals surface area (Å²) in [6.45, 7) is 2.03. The van der Waals surface area contributed by atoms with Gasteiger partial charge in [-0.1, -0.05) is 29.3 Å². The van der Waals surface area contributed by atoms with Gasteiger partial charge in [-0.3, -0.25) is 0 Å². The largest absolute Gasteiger partial charge is 0.462 e. The van der Waals surface area contributed by atoms with E-state index in [-0.39, 0.29) is 10.3 Å². The third-order valence-corrected chi connectivity index (χ3v) is 2.73. The summed E-state index contributed by atoms with van der Waals surface area (Å²) in [5.74, 6) is -0.453. The first-order chi connectivity index (χ1) is 8.13. The normalized spacial score (nSPS) is 10.5. The number of nitrogens with zero attached hydrogens (tertiary/aromatic N) is 2. The van der Waals surface area contributed by atoms with Crippen LogP contribution in [0.1, 0.15) is 17.3 Å². The molecule has 4 nitrogen and oxygen atoms in total. The fourth-order valence-electron chi connectivity index (χ4n) is 1.41. The van der Waals surface area contributed by atoms with Gasteiger partial charge in [-0.15, -0.1) is 0 Å². The molecule has 2 rings (SSSR count). The van der Waals surface area contributed by atoms with Crippen molar-refractivity contribution < 1.29 is 9.53 Å². The summed E-state index contributed by atoms with van der Waals surface area (Å²) in [7, 11) is 0. The Morgan fingerprint density at radius 2 is 2.00 bits per heavy atom. The van der Waals surface area contributed by atoms with Crippen LogP contribution in [0.5, 0.6) is 0 Å². The molecule has 1 aromatic carbocycles. The van der Waals surface area contributed by atoms with E-state index in [1.165, 1.54) is 0 Å². The summed E-state index contributed by atoms with van der Waals surface area (Å²) in [4.78, 5) is 19.8. The number of rotatable bonds is 2. The van der Waals surface area contributed by atoms with Gasteiger partial charge >= 0.3 is 5.97 Å². The number of carbonyl (C=O) groups is 1. The van der Waals surface area contributed by atoms with Gasteiger partial charge in [-0.05, 0) is 19.1 Å². The van der Waals surface area contributed by atoms with Gasteiger partial charge in [0.05, 0.1) is 17.7 Å². The molecule has 0 N–H and O–H groups in total. The monoisotopic (exact) mass is 270 g/mol. The molecule has 88 valence electrons. The van der Waals surface area contributed by atoms with Crippen molar-refractivity contribution in [2.24, 2.45) is 0 Å². The van der Waals surface area contributed by atoms with Gasteiger partial charge in [-0.2, -0.15) is 0 Å². The van der Waals surface area contributed by atoms with E-state index in [1.807, 2.05) is 0 Å². The standard InChI is InChI=1S/C11H8Cl2N2O2/c1-2-17-11(16)6-4-3-5-7-8(6)15-10(13)9(12)14-7/h3-5H,2H2,1H3. The van der Waals surface area contributed by atoms with Gasteiger partial charge in [0.2, 0.25) is 0 Å². The minimum Gasteiger partial charge on any atom is -0.462 e. The molecule has 0 bridgehead atoms. The van der Waals surface area contributed by atoms with Gasteiger partial charge in [0.15, 0.2) is 10.3 Å². The first-order valence-electron chi connectivity index (χ1n) is 4.92. The molecule has 1 aromatic heterocycles. The minimum atomic E-state index is -0.453. The van der Waals surface area contributed by atoms with E-state index in [9.17, 15) is 4.79 Å². The van der Waals surface area contributed by atoms with Crippen LogP contribution >= 0.6 is 23.2 Å². The molecule has 0 aliphatic heterocycles. The zero-order valence-electron chi connectivity index (χ0n) is 8.91. The Bertz CT molecular complexity index is 587. The predicted molar refractivity (Wildman–Crippen MR) is 65.5 cm³/mol. The summed E-state index contributed by atoms with van der Waals surface area (Å²) >= 11 is 11.5. The van der Waals surface area contributed by atoms with Gasteiger partial charge < -0.3 is 4.74 Å². The summed E-state index contributed by atoms with van der Waals surface area (Å²) in [5, 5.41) is 0.177. The number of hydrogen-bond acceptors (Lipinski definition) is 4. The van der Waals surface area contributed by atoms with Crippen LogP contribution in [0.2, 0.25) is 10.3 Å². The van der Waals surface area contributed by atoms with Crippen LogP contribution in [-0.4, -0.2) is 22.5 Å². The highest BCUT2D eigenvalue weighted by Gasteiger charge is 2.14. The Kier molecular flexibility index (Phi) is 3.45. The molecule has 0 unspecified atom stereocenters. The third-order valence-electron chi connectivity index (χ3n) is 2.11.